The number of rotatable bonds is 5. The van der Waals surface area contributed by atoms with E-state index >= 15 is 0 Å². The SMILES string of the molecule is CCC(C)CNc1nc(C)ccc1C(N)=S. The van der Waals surface area contributed by atoms with Gasteiger partial charge in [-0.15, -0.1) is 0 Å². The molecule has 0 fully saturated rings. The molecule has 0 aliphatic rings. The fourth-order valence-corrected chi connectivity index (χ4v) is 1.47. The lowest BCUT2D eigenvalue weighted by Gasteiger charge is -2.14. The molecule has 0 aliphatic carbocycles. The highest BCUT2D eigenvalue weighted by Gasteiger charge is 2.07. The molecule has 1 aromatic rings. The summed E-state index contributed by atoms with van der Waals surface area (Å²) in [6.45, 7) is 7.22. The second-order valence-corrected chi connectivity index (χ2v) is 4.55. The smallest absolute Gasteiger partial charge is 0.136 e. The fraction of sp³-hybridized carbons (Fsp3) is 0.500. The van der Waals surface area contributed by atoms with E-state index in [4.69, 9.17) is 18.0 Å². The Morgan fingerprint density at radius 3 is 2.81 bits per heavy atom. The molecule has 1 heterocycles. The summed E-state index contributed by atoms with van der Waals surface area (Å²) in [7, 11) is 0. The van der Waals surface area contributed by atoms with Crippen LogP contribution in [-0.2, 0) is 0 Å². The molecule has 16 heavy (non-hydrogen) atoms. The second kappa shape index (κ2) is 5.80. The van der Waals surface area contributed by atoms with Crippen LogP contribution in [0.1, 0.15) is 31.5 Å². The Labute approximate surface area is 102 Å². The van der Waals surface area contributed by atoms with Crippen LogP contribution in [0.5, 0.6) is 0 Å². The quantitative estimate of drug-likeness (QED) is 0.773. The standard InChI is InChI=1S/C12H19N3S/c1-4-8(2)7-14-12-10(11(13)16)6-5-9(3)15-12/h5-6,8H,4,7H2,1-3H3,(H2,13,16)(H,14,15). The van der Waals surface area contributed by atoms with E-state index in [0.717, 1.165) is 30.0 Å². The molecule has 0 saturated carbocycles. The van der Waals surface area contributed by atoms with Gasteiger partial charge in [0.15, 0.2) is 0 Å². The maximum absolute atomic E-state index is 5.65. The third-order valence-electron chi connectivity index (χ3n) is 2.61. The molecular formula is C12H19N3S. The van der Waals surface area contributed by atoms with E-state index in [-0.39, 0.29) is 0 Å². The zero-order valence-corrected chi connectivity index (χ0v) is 10.9. The highest BCUT2D eigenvalue weighted by molar-refractivity contribution is 7.80. The van der Waals surface area contributed by atoms with Crippen molar-refractivity contribution in [1.82, 2.24) is 4.98 Å². The minimum Gasteiger partial charge on any atom is -0.389 e. The number of hydrogen-bond donors (Lipinski definition) is 2. The molecule has 0 radical (unpaired) electrons. The summed E-state index contributed by atoms with van der Waals surface area (Å²) < 4.78 is 0. The van der Waals surface area contributed by atoms with Gasteiger partial charge in [0, 0.05) is 12.2 Å². The van der Waals surface area contributed by atoms with Crippen molar-refractivity contribution in [1.29, 1.82) is 0 Å². The molecule has 3 nitrogen and oxygen atoms in total. The van der Waals surface area contributed by atoms with Crippen LogP contribution >= 0.6 is 12.2 Å². The summed E-state index contributed by atoms with van der Waals surface area (Å²) in [6, 6.07) is 3.84. The summed E-state index contributed by atoms with van der Waals surface area (Å²) in [5.41, 5.74) is 7.44. The zero-order valence-electron chi connectivity index (χ0n) is 10.1. The number of nitrogens with zero attached hydrogens (tertiary/aromatic N) is 1. The Bertz CT molecular complexity index is 377. The molecule has 0 aliphatic heterocycles. The van der Waals surface area contributed by atoms with Crippen molar-refractivity contribution in [2.24, 2.45) is 11.7 Å². The van der Waals surface area contributed by atoms with Gasteiger partial charge in [-0.25, -0.2) is 4.98 Å². The summed E-state index contributed by atoms with van der Waals surface area (Å²) in [4.78, 5) is 4.81. The van der Waals surface area contributed by atoms with Gasteiger partial charge in [0.2, 0.25) is 0 Å². The molecule has 3 N–H and O–H groups in total. The number of pyridine rings is 1. The van der Waals surface area contributed by atoms with Crippen LogP contribution in [0.2, 0.25) is 0 Å². The van der Waals surface area contributed by atoms with E-state index in [0.29, 0.717) is 10.9 Å². The topological polar surface area (TPSA) is 50.9 Å². The van der Waals surface area contributed by atoms with Crippen molar-refractivity contribution >= 4 is 23.0 Å². The van der Waals surface area contributed by atoms with Crippen molar-refractivity contribution in [3.05, 3.63) is 23.4 Å². The van der Waals surface area contributed by atoms with E-state index in [1.807, 2.05) is 19.1 Å². The van der Waals surface area contributed by atoms with Crippen LogP contribution in [0.25, 0.3) is 0 Å². The number of thiocarbonyl (C=S) groups is 1. The van der Waals surface area contributed by atoms with Gasteiger partial charge in [0.05, 0.1) is 5.56 Å². The predicted molar refractivity (Wildman–Crippen MR) is 72.8 cm³/mol. The number of aromatic nitrogens is 1. The number of nitrogens with one attached hydrogen (secondary N) is 1. The molecule has 0 aromatic carbocycles. The van der Waals surface area contributed by atoms with Crippen LogP contribution in [0.4, 0.5) is 5.82 Å². The van der Waals surface area contributed by atoms with Gasteiger partial charge in [-0.3, -0.25) is 0 Å². The number of anilines is 1. The van der Waals surface area contributed by atoms with Gasteiger partial charge in [-0.2, -0.15) is 0 Å². The third-order valence-corrected chi connectivity index (χ3v) is 2.83. The first kappa shape index (κ1) is 12.9. The van der Waals surface area contributed by atoms with Crippen LogP contribution in [-0.4, -0.2) is 16.5 Å². The van der Waals surface area contributed by atoms with Gasteiger partial charge in [-0.1, -0.05) is 32.5 Å². The molecule has 1 unspecified atom stereocenters. The molecule has 1 rings (SSSR count). The van der Waals surface area contributed by atoms with Crippen molar-refractivity contribution in [3.8, 4) is 0 Å². The monoisotopic (exact) mass is 237 g/mol. The average Bonchev–Trinajstić information content (AvgIpc) is 2.25. The van der Waals surface area contributed by atoms with Gasteiger partial charge >= 0.3 is 0 Å². The van der Waals surface area contributed by atoms with Crippen LogP contribution in [0.3, 0.4) is 0 Å². The number of nitrogens with two attached hydrogens (primary N) is 1. The molecule has 1 aromatic heterocycles. The number of hydrogen-bond acceptors (Lipinski definition) is 3. The first-order valence-corrected chi connectivity index (χ1v) is 5.96. The van der Waals surface area contributed by atoms with Crippen molar-refractivity contribution in [2.75, 3.05) is 11.9 Å². The second-order valence-electron chi connectivity index (χ2n) is 4.11. The zero-order chi connectivity index (χ0) is 12.1. The van der Waals surface area contributed by atoms with Gasteiger partial charge in [-0.05, 0) is 25.0 Å². The molecular weight excluding hydrogens is 218 g/mol. The van der Waals surface area contributed by atoms with E-state index in [9.17, 15) is 0 Å². The minimum atomic E-state index is 0.388. The first-order valence-electron chi connectivity index (χ1n) is 5.56. The van der Waals surface area contributed by atoms with Crippen molar-refractivity contribution in [2.45, 2.75) is 27.2 Å². The molecule has 88 valence electrons. The maximum atomic E-state index is 5.65. The summed E-state index contributed by atoms with van der Waals surface area (Å²) >= 11 is 5.00. The van der Waals surface area contributed by atoms with E-state index in [1.54, 1.807) is 0 Å². The van der Waals surface area contributed by atoms with Crippen LogP contribution < -0.4 is 11.1 Å². The Balaban J connectivity index is 2.84. The Morgan fingerprint density at radius 1 is 1.56 bits per heavy atom. The fourth-order valence-electron chi connectivity index (χ4n) is 1.31. The maximum Gasteiger partial charge on any atom is 0.136 e. The normalized spacial score (nSPS) is 12.2. The van der Waals surface area contributed by atoms with E-state index in [2.05, 4.69) is 24.1 Å². The lowest BCUT2D eigenvalue weighted by molar-refractivity contribution is 0.592. The van der Waals surface area contributed by atoms with E-state index < -0.39 is 0 Å². The molecule has 0 spiro atoms. The summed E-state index contributed by atoms with van der Waals surface area (Å²) in [6.07, 6.45) is 1.14. The summed E-state index contributed by atoms with van der Waals surface area (Å²) in [5.74, 6) is 1.41. The minimum absolute atomic E-state index is 0.388. The van der Waals surface area contributed by atoms with Crippen LogP contribution in [0, 0.1) is 12.8 Å². The largest absolute Gasteiger partial charge is 0.389 e. The highest BCUT2D eigenvalue weighted by atomic mass is 32.1. The van der Waals surface area contributed by atoms with Gasteiger partial charge in [0.25, 0.3) is 0 Å². The molecule has 1 atom stereocenters. The van der Waals surface area contributed by atoms with Crippen molar-refractivity contribution in [3.63, 3.8) is 0 Å². The first-order chi connectivity index (χ1) is 7.54. The molecule has 0 amide bonds. The third kappa shape index (κ3) is 3.45. The van der Waals surface area contributed by atoms with Gasteiger partial charge in [0.1, 0.15) is 10.8 Å². The Morgan fingerprint density at radius 2 is 2.25 bits per heavy atom. The van der Waals surface area contributed by atoms with Crippen LogP contribution in [0.15, 0.2) is 12.1 Å². The Kier molecular flexibility index (Phi) is 4.68. The molecule has 0 bridgehead atoms. The van der Waals surface area contributed by atoms with Crippen molar-refractivity contribution < 1.29 is 0 Å². The summed E-state index contributed by atoms with van der Waals surface area (Å²) in [5, 5.41) is 3.31. The highest BCUT2D eigenvalue weighted by Crippen LogP contribution is 2.14. The lowest BCUT2D eigenvalue weighted by atomic mass is 10.1. The molecule has 0 saturated heterocycles. The average molecular weight is 237 g/mol. The van der Waals surface area contributed by atoms with Gasteiger partial charge < -0.3 is 11.1 Å². The Hall–Kier alpha value is -1.16. The molecule has 4 heteroatoms. The lowest BCUT2D eigenvalue weighted by Crippen LogP contribution is -2.17. The van der Waals surface area contributed by atoms with E-state index in [1.165, 1.54) is 0 Å². The number of aryl methyl sites for hydroxylation is 1. The predicted octanol–water partition coefficient (Wildman–Crippen LogP) is 2.48.